The second kappa shape index (κ2) is 5.31. The van der Waals surface area contributed by atoms with E-state index in [0.29, 0.717) is 4.96 Å². The molecular weight excluding hydrogens is 314 g/mol. The molecule has 0 unspecified atom stereocenters. The fourth-order valence-corrected chi connectivity index (χ4v) is 3.75. The van der Waals surface area contributed by atoms with E-state index in [4.69, 9.17) is 0 Å². The number of aromatic nitrogens is 4. The van der Waals surface area contributed by atoms with Gasteiger partial charge in [0.05, 0.1) is 12.2 Å². The monoisotopic (exact) mass is 329 g/mol. The van der Waals surface area contributed by atoms with Gasteiger partial charge in [0, 0.05) is 36.1 Å². The number of thiazole rings is 1. The number of hydrogen-bond donors (Lipinski definition) is 1. The van der Waals surface area contributed by atoms with E-state index in [1.165, 1.54) is 21.9 Å². The fraction of sp³-hybridized carbons (Fsp3) is 0.333. The zero-order chi connectivity index (χ0) is 16.0. The molecule has 4 rings (SSSR count). The summed E-state index contributed by atoms with van der Waals surface area (Å²) >= 11 is 1.36. The van der Waals surface area contributed by atoms with Crippen molar-refractivity contribution in [2.75, 3.05) is 0 Å². The molecule has 0 bridgehead atoms. The highest BCUT2D eigenvalue weighted by Crippen LogP contribution is 2.29. The maximum absolute atomic E-state index is 12.5. The summed E-state index contributed by atoms with van der Waals surface area (Å²) in [6.07, 6.45) is 7.58. The smallest absolute Gasteiger partial charge is 0.271 e. The molecule has 1 aliphatic carbocycles. The Morgan fingerprint density at radius 2 is 2.30 bits per heavy atom. The van der Waals surface area contributed by atoms with Crippen molar-refractivity contribution in [2.45, 2.75) is 25.3 Å². The summed E-state index contributed by atoms with van der Waals surface area (Å²) in [5.74, 6) is -0.384. The summed E-state index contributed by atoms with van der Waals surface area (Å²) in [5, 5.41) is 9.00. The zero-order valence-corrected chi connectivity index (χ0v) is 13.3. The van der Waals surface area contributed by atoms with Crippen LogP contribution in [0.15, 0.2) is 28.8 Å². The summed E-state index contributed by atoms with van der Waals surface area (Å²) in [6, 6.07) is -0.109. The Morgan fingerprint density at radius 1 is 1.43 bits per heavy atom. The maximum atomic E-state index is 12.5. The van der Waals surface area contributed by atoms with Crippen LogP contribution in [0.5, 0.6) is 0 Å². The highest BCUT2D eigenvalue weighted by Gasteiger charge is 2.26. The van der Waals surface area contributed by atoms with Gasteiger partial charge >= 0.3 is 0 Å². The molecule has 3 aromatic heterocycles. The van der Waals surface area contributed by atoms with E-state index in [1.807, 2.05) is 11.7 Å². The van der Waals surface area contributed by atoms with E-state index in [2.05, 4.69) is 15.4 Å². The predicted octanol–water partition coefficient (Wildman–Crippen LogP) is 1.30. The lowest BCUT2D eigenvalue weighted by molar-refractivity contribution is 0.0930. The SMILES string of the molecule is Cn1ncc2c1CCC[C@@H]2NC(=O)c1cnc2sccn2c1=O. The van der Waals surface area contributed by atoms with Crippen LogP contribution in [0, 0.1) is 0 Å². The third-order valence-electron chi connectivity index (χ3n) is 4.27. The van der Waals surface area contributed by atoms with Gasteiger partial charge in [0.2, 0.25) is 0 Å². The van der Waals surface area contributed by atoms with Crippen LogP contribution in [-0.2, 0) is 13.5 Å². The van der Waals surface area contributed by atoms with E-state index in [0.717, 1.165) is 30.5 Å². The highest BCUT2D eigenvalue weighted by atomic mass is 32.1. The van der Waals surface area contributed by atoms with Crippen molar-refractivity contribution in [2.24, 2.45) is 7.05 Å². The number of rotatable bonds is 2. The molecule has 3 aromatic rings. The maximum Gasteiger partial charge on any atom is 0.271 e. The third-order valence-corrected chi connectivity index (χ3v) is 5.04. The van der Waals surface area contributed by atoms with Gasteiger partial charge in [-0.05, 0) is 19.3 Å². The van der Waals surface area contributed by atoms with Gasteiger partial charge in [0.25, 0.3) is 11.5 Å². The first-order valence-corrected chi connectivity index (χ1v) is 8.29. The minimum absolute atomic E-state index is 0.0666. The summed E-state index contributed by atoms with van der Waals surface area (Å²) in [6.45, 7) is 0. The third kappa shape index (κ3) is 2.26. The Balaban J connectivity index is 1.65. The molecule has 7 nitrogen and oxygen atoms in total. The van der Waals surface area contributed by atoms with Crippen LogP contribution in [0.25, 0.3) is 4.96 Å². The number of nitrogens with zero attached hydrogens (tertiary/aromatic N) is 4. The van der Waals surface area contributed by atoms with Crippen LogP contribution in [0.2, 0.25) is 0 Å². The van der Waals surface area contributed by atoms with Gasteiger partial charge in [-0.3, -0.25) is 18.7 Å². The van der Waals surface area contributed by atoms with E-state index in [1.54, 1.807) is 17.8 Å². The van der Waals surface area contributed by atoms with Gasteiger partial charge < -0.3 is 5.32 Å². The molecule has 0 radical (unpaired) electrons. The van der Waals surface area contributed by atoms with Crippen LogP contribution >= 0.6 is 11.3 Å². The van der Waals surface area contributed by atoms with E-state index < -0.39 is 0 Å². The molecule has 1 amide bonds. The minimum Gasteiger partial charge on any atom is -0.345 e. The molecule has 118 valence electrons. The van der Waals surface area contributed by atoms with Crippen LogP contribution in [0.3, 0.4) is 0 Å². The molecule has 0 fully saturated rings. The lowest BCUT2D eigenvalue weighted by atomic mass is 9.93. The van der Waals surface area contributed by atoms with Gasteiger partial charge in [-0.15, -0.1) is 11.3 Å². The van der Waals surface area contributed by atoms with Crippen molar-refractivity contribution in [3.05, 3.63) is 51.1 Å². The van der Waals surface area contributed by atoms with Gasteiger partial charge in [-0.2, -0.15) is 5.10 Å². The van der Waals surface area contributed by atoms with Crippen molar-refractivity contribution in [3.63, 3.8) is 0 Å². The fourth-order valence-electron chi connectivity index (χ4n) is 3.07. The Morgan fingerprint density at radius 3 is 3.17 bits per heavy atom. The van der Waals surface area contributed by atoms with E-state index >= 15 is 0 Å². The van der Waals surface area contributed by atoms with Gasteiger partial charge in [0.15, 0.2) is 4.96 Å². The van der Waals surface area contributed by atoms with Crippen molar-refractivity contribution >= 4 is 22.2 Å². The van der Waals surface area contributed by atoms with Crippen LogP contribution < -0.4 is 10.9 Å². The molecule has 0 spiro atoms. The van der Waals surface area contributed by atoms with Crippen molar-refractivity contribution in [3.8, 4) is 0 Å². The average Bonchev–Trinajstić information content (AvgIpc) is 3.16. The van der Waals surface area contributed by atoms with Crippen molar-refractivity contribution in [1.29, 1.82) is 0 Å². The number of carbonyl (C=O) groups excluding carboxylic acids is 1. The molecule has 23 heavy (non-hydrogen) atoms. The first-order valence-electron chi connectivity index (χ1n) is 7.41. The predicted molar refractivity (Wildman–Crippen MR) is 85.7 cm³/mol. The first-order chi connectivity index (χ1) is 11.1. The summed E-state index contributed by atoms with van der Waals surface area (Å²) < 4.78 is 3.25. The quantitative estimate of drug-likeness (QED) is 0.768. The molecule has 0 aromatic carbocycles. The molecule has 1 atom stereocenters. The topological polar surface area (TPSA) is 81.3 Å². The lowest BCUT2D eigenvalue weighted by Crippen LogP contribution is -2.35. The number of aryl methyl sites for hydroxylation is 1. The Kier molecular flexibility index (Phi) is 3.26. The molecule has 0 saturated heterocycles. The van der Waals surface area contributed by atoms with Crippen LogP contribution in [0.1, 0.15) is 40.5 Å². The summed E-state index contributed by atoms with van der Waals surface area (Å²) in [4.78, 5) is 29.7. The molecule has 0 aliphatic heterocycles. The molecule has 8 heteroatoms. The minimum atomic E-state index is -0.384. The molecule has 3 heterocycles. The largest absolute Gasteiger partial charge is 0.345 e. The Bertz CT molecular complexity index is 954. The summed E-state index contributed by atoms with van der Waals surface area (Å²) in [5.41, 5.74) is 1.91. The Hall–Kier alpha value is -2.48. The Labute approximate surface area is 135 Å². The normalized spacial score (nSPS) is 17.2. The first kappa shape index (κ1) is 14.1. The van der Waals surface area contributed by atoms with Gasteiger partial charge in [0.1, 0.15) is 5.56 Å². The summed E-state index contributed by atoms with van der Waals surface area (Å²) in [7, 11) is 1.91. The zero-order valence-electron chi connectivity index (χ0n) is 12.5. The molecule has 1 N–H and O–H groups in total. The number of amides is 1. The van der Waals surface area contributed by atoms with Crippen molar-refractivity contribution in [1.82, 2.24) is 24.5 Å². The number of fused-ring (bicyclic) bond motifs is 2. The van der Waals surface area contributed by atoms with Crippen LogP contribution in [-0.4, -0.2) is 25.1 Å². The van der Waals surface area contributed by atoms with E-state index in [9.17, 15) is 9.59 Å². The molecule has 1 aliphatic rings. The molecule has 0 saturated carbocycles. The second-order valence-corrected chi connectivity index (χ2v) is 6.49. The van der Waals surface area contributed by atoms with Crippen LogP contribution in [0.4, 0.5) is 0 Å². The van der Waals surface area contributed by atoms with E-state index in [-0.39, 0.29) is 23.1 Å². The number of hydrogen-bond acceptors (Lipinski definition) is 5. The molecular formula is C15H15N5O2S. The van der Waals surface area contributed by atoms with Gasteiger partial charge in [-0.1, -0.05) is 0 Å². The second-order valence-electron chi connectivity index (χ2n) is 5.62. The number of nitrogens with one attached hydrogen (secondary N) is 1. The van der Waals surface area contributed by atoms with Crippen molar-refractivity contribution < 1.29 is 4.79 Å². The van der Waals surface area contributed by atoms with Gasteiger partial charge in [-0.25, -0.2) is 4.98 Å². The standard InChI is InChI=1S/C15H15N5O2S/c1-19-12-4-2-3-11(9(12)8-17-19)18-13(21)10-7-16-15-20(14(10)22)5-6-23-15/h5-8,11H,2-4H2,1H3,(H,18,21)/t11-/m0/s1. The highest BCUT2D eigenvalue weighted by molar-refractivity contribution is 7.15. The average molecular weight is 329 g/mol. The number of carbonyl (C=O) groups is 1. The lowest BCUT2D eigenvalue weighted by Gasteiger charge is -2.23.